The van der Waals surface area contributed by atoms with Crippen molar-refractivity contribution in [2.45, 2.75) is 6.42 Å². The van der Waals surface area contributed by atoms with E-state index in [1.54, 1.807) is 13.2 Å². The molecule has 0 atom stereocenters. The summed E-state index contributed by atoms with van der Waals surface area (Å²) in [5.74, 6) is 0.522. The Bertz CT molecular complexity index is 1070. The standard InChI is InChI=1S/C20H20BrN5O2/c1-24-18-16(3-2-8-22-18)23-19(20(24)28)26-11-9-25(10-12-26)17(27)13-14-4-6-15(21)7-5-14/h2-8H,9-13H2,1H3. The van der Waals surface area contributed by atoms with Crippen molar-refractivity contribution in [3.8, 4) is 0 Å². The summed E-state index contributed by atoms with van der Waals surface area (Å²) < 4.78 is 2.53. The fraction of sp³-hybridized carbons (Fsp3) is 0.300. The van der Waals surface area contributed by atoms with Gasteiger partial charge in [0.2, 0.25) is 5.91 Å². The number of nitrogens with zero attached hydrogens (tertiary/aromatic N) is 5. The molecule has 0 N–H and O–H groups in total. The van der Waals surface area contributed by atoms with E-state index in [2.05, 4.69) is 25.9 Å². The predicted octanol–water partition coefficient (Wildman–Crippen LogP) is 1.98. The molecule has 0 spiro atoms. The van der Waals surface area contributed by atoms with Crippen LogP contribution in [0.15, 0.2) is 51.9 Å². The highest BCUT2D eigenvalue weighted by Crippen LogP contribution is 2.15. The van der Waals surface area contributed by atoms with Crippen molar-refractivity contribution < 1.29 is 4.79 Å². The van der Waals surface area contributed by atoms with Crippen molar-refractivity contribution in [2.75, 3.05) is 31.1 Å². The van der Waals surface area contributed by atoms with Crippen LogP contribution >= 0.6 is 15.9 Å². The molecule has 0 aliphatic carbocycles. The molecule has 3 heterocycles. The largest absolute Gasteiger partial charge is 0.348 e. The molecule has 1 fully saturated rings. The molecule has 1 saturated heterocycles. The SMILES string of the molecule is Cn1c(=O)c(N2CCN(C(=O)Cc3ccc(Br)cc3)CC2)nc2cccnc21. The maximum absolute atomic E-state index is 12.7. The number of carbonyl (C=O) groups is 1. The van der Waals surface area contributed by atoms with Gasteiger partial charge in [0.15, 0.2) is 11.5 Å². The Morgan fingerprint density at radius 1 is 1.11 bits per heavy atom. The van der Waals surface area contributed by atoms with Crippen LogP contribution in [0.4, 0.5) is 5.82 Å². The molecule has 2 aromatic heterocycles. The summed E-state index contributed by atoms with van der Waals surface area (Å²) in [6.07, 6.45) is 2.04. The van der Waals surface area contributed by atoms with Crippen molar-refractivity contribution in [1.82, 2.24) is 19.4 Å². The number of fused-ring (bicyclic) bond motifs is 1. The van der Waals surface area contributed by atoms with Crippen molar-refractivity contribution in [2.24, 2.45) is 7.05 Å². The highest BCUT2D eigenvalue weighted by Gasteiger charge is 2.24. The molecule has 144 valence electrons. The molecule has 7 nitrogen and oxygen atoms in total. The van der Waals surface area contributed by atoms with Gasteiger partial charge in [0.25, 0.3) is 5.56 Å². The number of aryl methyl sites for hydroxylation is 1. The van der Waals surface area contributed by atoms with Gasteiger partial charge in [-0.15, -0.1) is 0 Å². The smallest absolute Gasteiger partial charge is 0.294 e. The van der Waals surface area contributed by atoms with E-state index in [1.807, 2.05) is 46.2 Å². The third kappa shape index (κ3) is 3.64. The lowest BCUT2D eigenvalue weighted by atomic mass is 10.1. The lowest BCUT2D eigenvalue weighted by Crippen LogP contribution is -2.51. The maximum Gasteiger partial charge on any atom is 0.294 e. The molecule has 1 aliphatic rings. The predicted molar refractivity (Wildman–Crippen MR) is 111 cm³/mol. The van der Waals surface area contributed by atoms with Crippen molar-refractivity contribution in [1.29, 1.82) is 0 Å². The number of carbonyl (C=O) groups excluding carboxylic acids is 1. The Hall–Kier alpha value is -2.74. The third-order valence-electron chi connectivity index (χ3n) is 5.01. The molecule has 3 aromatic rings. The molecule has 0 bridgehead atoms. The molecular formula is C20H20BrN5O2. The van der Waals surface area contributed by atoms with E-state index in [0.29, 0.717) is 49.6 Å². The number of amides is 1. The number of hydrogen-bond acceptors (Lipinski definition) is 5. The minimum atomic E-state index is -0.166. The van der Waals surface area contributed by atoms with Gasteiger partial charge in [-0.1, -0.05) is 28.1 Å². The summed E-state index contributed by atoms with van der Waals surface area (Å²) in [6.45, 7) is 2.32. The lowest BCUT2D eigenvalue weighted by Gasteiger charge is -2.35. The first kappa shape index (κ1) is 18.6. The Labute approximate surface area is 170 Å². The van der Waals surface area contributed by atoms with E-state index in [4.69, 9.17) is 0 Å². The highest BCUT2D eigenvalue weighted by molar-refractivity contribution is 9.10. The van der Waals surface area contributed by atoms with Gasteiger partial charge in [-0.25, -0.2) is 9.97 Å². The lowest BCUT2D eigenvalue weighted by molar-refractivity contribution is -0.130. The molecule has 4 rings (SSSR count). The van der Waals surface area contributed by atoms with E-state index in [-0.39, 0.29) is 11.5 Å². The number of benzene rings is 1. The summed E-state index contributed by atoms with van der Waals surface area (Å²) in [5.41, 5.74) is 2.09. The van der Waals surface area contributed by atoms with Crippen LogP contribution < -0.4 is 10.5 Å². The van der Waals surface area contributed by atoms with Gasteiger partial charge in [0, 0.05) is 43.9 Å². The van der Waals surface area contributed by atoms with Crippen molar-refractivity contribution >= 4 is 38.8 Å². The zero-order valence-electron chi connectivity index (χ0n) is 15.5. The average Bonchev–Trinajstić information content (AvgIpc) is 2.72. The summed E-state index contributed by atoms with van der Waals surface area (Å²) in [4.78, 5) is 37.9. The molecule has 1 aromatic carbocycles. The van der Waals surface area contributed by atoms with E-state index < -0.39 is 0 Å². The highest BCUT2D eigenvalue weighted by atomic mass is 79.9. The fourth-order valence-corrected chi connectivity index (χ4v) is 3.67. The second-order valence-electron chi connectivity index (χ2n) is 6.82. The Morgan fingerprint density at radius 2 is 1.82 bits per heavy atom. The van der Waals surface area contributed by atoms with Gasteiger partial charge < -0.3 is 9.80 Å². The molecule has 0 unspecified atom stereocenters. The fourth-order valence-electron chi connectivity index (χ4n) is 3.40. The molecule has 1 aliphatic heterocycles. The monoisotopic (exact) mass is 441 g/mol. The number of aromatic nitrogens is 3. The first-order chi connectivity index (χ1) is 13.5. The molecule has 0 saturated carbocycles. The van der Waals surface area contributed by atoms with Crippen molar-refractivity contribution in [3.63, 3.8) is 0 Å². The number of halogens is 1. The number of rotatable bonds is 3. The zero-order chi connectivity index (χ0) is 19.7. The average molecular weight is 442 g/mol. The molecule has 1 amide bonds. The normalized spacial score (nSPS) is 14.5. The Morgan fingerprint density at radius 3 is 2.54 bits per heavy atom. The number of pyridine rings is 1. The van der Waals surface area contributed by atoms with Crippen molar-refractivity contribution in [3.05, 3.63) is 63.0 Å². The van der Waals surface area contributed by atoms with Gasteiger partial charge in [-0.05, 0) is 29.8 Å². The maximum atomic E-state index is 12.7. The number of piperazine rings is 1. The van der Waals surface area contributed by atoms with Gasteiger partial charge in [-0.3, -0.25) is 14.2 Å². The Kier molecular flexibility index (Phi) is 5.13. The first-order valence-corrected chi connectivity index (χ1v) is 9.91. The van der Waals surface area contributed by atoms with Crippen LogP contribution in [0.5, 0.6) is 0 Å². The van der Waals surface area contributed by atoms with E-state index in [1.165, 1.54) is 4.57 Å². The third-order valence-corrected chi connectivity index (χ3v) is 5.54. The molecule has 8 heteroatoms. The van der Waals surface area contributed by atoms with Crippen LogP contribution in [0.1, 0.15) is 5.56 Å². The van der Waals surface area contributed by atoms with E-state index >= 15 is 0 Å². The second-order valence-corrected chi connectivity index (χ2v) is 7.73. The minimum absolute atomic E-state index is 0.102. The summed E-state index contributed by atoms with van der Waals surface area (Å²) >= 11 is 3.40. The summed E-state index contributed by atoms with van der Waals surface area (Å²) in [6, 6.07) is 11.4. The number of anilines is 1. The van der Waals surface area contributed by atoms with Crippen LogP contribution in [0.3, 0.4) is 0 Å². The summed E-state index contributed by atoms with van der Waals surface area (Å²) in [7, 11) is 1.71. The van der Waals surface area contributed by atoms with Crippen LogP contribution in [-0.4, -0.2) is 51.5 Å². The quantitative estimate of drug-likeness (QED) is 0.621. The summed E-state index contributed by atoms with van der Waals surface area (Å²) in [5, 5.41) is 0. The van der Waals surface area contributed by atoms with Gasteiger partial charge in [-0.2, -0.15) is 0 Å². The minimum Gasteiger partial charge on any atom is -0.348 e. The van der Waals surface area contributed by atoms with Crippen LogP contribution in [-0.2, 0) is 18.3 Å². The van der Waals surface area contributed by atoms with Crippen LogP contribution in [0, 0.1) is 0 Å². The second kappa shape index (κ2) is 7.71. The van der Waals surface area contributed by atoms with Gasteiger partial charge in [0.1, 0.15) is 5.52 Å². The molecular weight excluding hydrogens is 422 g/mol. The molecule has 0 radical (unpaired) electrons. The van der Waals surface area contributed by atoms with Gasteiger partial charge in [0.05, 0.1) is 6.42 Å². The van der Waals surface area contributed by atoms with E-state index in [0.717, 1.165) is 10.0 Å². The topological polar surface area (TPSA) is 71.3 Å². The van der Waals surface area contributed by atoms with Gasteiger partial charge >= 0.3 is 0 Å². The molecule has 28 heavy (non-hydrogen) atoms. The van der Waals surface area contributed by atoms with E-state index in [9.17, 15) is 9.59 Å². The van der Waals surface area contributed by atoms with Crippen LogP contribution in [0.25, 0.3) is 11.2 Å². The number of hydrogen-bond donors (Lipinski definition) is 0. The zero-order valence-corrected chi connectivity index (χ0v) is 17.1. The Balaban J connectivity index is 1.46. The first-order valence-electron chi connectivity index (χ1n) is 9.12. The van der Waals surface area contributed by atoms with Crippen LogP contribution in [0.2, 0.25) is 0 Å².